The molecule has 0 aliphatic carbocycles. The van der Waals surface area contributed by atoms with Crippen LogP contribution in [0.5, 0.6) is 5.75 Å². The number of nitrogens with zero attached hydrogens (tertiary/aromatic N) is 3. The number of amides is 1. The van der Waals surface area contributed by atoms with Gasteiger partial charge in [-0.25, -0.2) is 4.68 Å². The molecular weight excluding hydrogens is 390 g/mol. The van der Waals surface area contributed by atoms with Crippen molar-refractivity contribution >= 4 is 17.5 Å². The Kier molecular flexibility index (Phi) is 6.16. The van der Waals surface area contributed by atoms with Crippen LogP contribution in [0.2, 0.25) is 0 Å². The zero-order valence-corrected chi connectivity index (χ0v) is 18.0. The van der Waals surface area contributed by atoms with E-state index in [0.717, 1.165) is 46.9 Å². The Morgan fingerprint density at radius 2 is 1.81 bits per heavy atom. The molecule has 1 aliphatic heterocycles. The Morgan fingerprint density at radius 3 is 2.58 bits per heavy atom. The van der Waals surface area contributed by atoms with Crippen molar-refractivity contribution < 1.29 is 14.3 Å². The molecule has 31 heavy (non-hydrogen) atoms. The van der Waals surface area contributed by atoms with E-state index in [0.29, 0.717) is 13.0 Å². The van der Waals surface area contributed by atoms with Gasteiger partial charge in [-0.15, -0.1) is 0 Å². The molecule has 2 heterocycles. The number of benzene rings is 2. The number of anilines is 1. The lowest BCUT2D eigenvalue weighted by Crippen LogP contribution is -2.37. The van der Waals surface area contributed by atoms with Crippen LogP contribution < -0.4 is 9.64 Å². The van der Waals surface area contributed by atoms with Crippen molar-refractivity contribution in [3.05, 3.63) is 65.9 Å². The van der Waals surface area contributed by atoms with Gasteiger partial charge in [0.2, 0.25) is 5.91 Å². The number of carbonyl (C=O) groups is 2. The standard InChI is InChI=1S/C25H27N3O3/c1-18-16-24-27(14-5-15-28(24)26-18)25(30)13-12-21(29)17-19-8-10-20(11-9-19)22-6-3-4-7-23(22)31-2/h3-4,6-11,16H,5,12-15,17H2,1-2H3. The summed E-state index contributed by atoms with van der Waals surface area (Å²) in [6.07, 6.45) is 1.68. The number of hydrogen-bond donors (Lipinski definition) is 0. The smallest absolute Gasteiger partial charge is 0.228 e. The lowest BCUT2D eigenvalue weighted by molar-refractivity contribution is -0.123. The molecule has 0 fully saturated rings. The summed E-state index contributed by atoms with van der Waals surface area (Å²) in [4.78, 5) is 27.0. The maximum atomic E-state index is 12.7. The Morgan fingerprint density at radius 1 is 1.03 bits per heavy atom. The largest absolute Gasteiger partial charge is 0.496 e. The van der Waals surface area contributed by atoms with Gasteiger partial charge in [0.05, 0.1) is 12.8 Å². The number of ketones is 1. The number of aromatic nitrogens is 2. The van der Waals surface area contributed by atoms with Crippen molar-refractivity contribution in [2.75, 3.05) is 18.6 Å². The van der Waals surface area contributed by atoms with Gasteiger partial charge in [-0.05, 0) is 30.5 Å². The zero-order valence-electron chi connectivity index (χ0n) is 18.0. The molecule has 160 valence electrons. The van der Waals surface area contributed by atoms with Gasteiger partial charge in [-0.2, -0.15) is 5.10 Å². The van der Waals surface area contributed by atoms with E-state index in [-0.39, 0.29) is 24.5 Å². The van der Waals surface area contributed by atoms with Crippen LogP contribution in [0.25, 0.3) is 11.1 Å². The summed E-state index contributed by atoms with van der Waals surface area (Å²) in [5, 5.41) is 4.42. The SMILES string of the molecule is COc1ccccc1-c1ccc(CC(=O)CCC(=O)N2CCCn3nc(C)cc32)cc1. The van der Waals surface area contributed by atoms with E-state index in [1.165, 1.54) is 0 Å². The highest BCUT2D eigenvalue weighted by atomic mass is 16.5. The lowest BCUT2D eigenvalue weighted by atomic mass is 10.00. The average Bonchev–Trinajstić information content (AvgIpc) is 3.18. The number of ether oxygens (including phenoxy) is 1. The summed E-state index contributed by atoms with van der Waals surface area (Å²) in [6, 6.07) is 17.7. The molecule has 6 nitrogen and oxygen atoms in total. The maximum absolute atomic E-state index is 12.7. The summed E-state index contributed by atoms with van der Waals surface area (Å²) < 4.78 is 7.30. The molecule has 0 radical (unpaired) electrons. The molecular formula is C25H27N3O3. The van der Waals surface area contributed by atoms with Crippen molar-refractivity contribution in [3.63, 3.8) is 0 Å². The third-order valence-electron chi connectivity index (χ3n) is 5.60. The maximum Gasteiger partial charge on any atom is 0.228 e. The van der Waals surface area contributed by atoms with Gasteiger partial charge in [0.1, 0.15) is 17.4 Å². The minimum atomic E-state index is -0.0132. The van der Waals surface area contributed by atoms with E-state index in [9.17, 15) is 9.59 Å². The number of aryl methyl sites for hydroxylation is 2. The third kappa shape index (κ3) is 4.68. The molecule has 0 unspecified atom stereocenters. The van der Waals surface area contributed by atoms with Gasteiger partial charge in [-0.1, -0.05) is 42.5 Å². The second-order valence-corrected chi connectivity index (χ2v) is 7.88. The van der Waals surface area contributed by atoms with E-state index in [1.807, 2.05) is 66.2 Å². The van der Waals surface area contributed by atoms with Crippen LogP contribution in [-0.2, 0) is 22.6 Å². The van der Waals surface area contributed by atoms with Crippen molar-refractivity contribution in [2.45, 2.75) is 39.2 Å². The Balaban J connectivity index is 1.34. The highest BCUT2D eigenvalue weighted by molar-refractivity contribution is 5.95. The lowest BCUT2D eigenvalue weighted by Gasteiger charge is -2.27. The third-order valence-corrected chi connectivity index (χ3v) is 5.60. The van der Waals surface area contributed by atoms with Crippen LogP contribution >= 0.6 is 0 Å². The van der Waals surface area contributed by atoms with E-state index in [1.54, 1.807) is 12.0 Å². The number of fused-ring (bicyclic) bond motifs is 1. The van der Waals surface area contributed by atoms with E-state index in [4.69, 9.17) is 4.74 Å². The van der Waals surface area contributed by atoms with Crippen LogP contribution in [0.4, 0.5) is 5.82 Å². The molecule has 0 bridgehead atoms. The van der Waals surface area contributed by atoms with E-state index in [2.05, 4.69) is 5.10 Å². The summed E-state index contributed by atoms with van der Waals surface area (Å²) in [7, 11) is 1.66. The number of methoxy groups -OCH3 is 1. The fourth-order valence-electron chi connectivity index (χ4n) is 4.04. The number of rotatable bonds is 7. The summed E-state index contributed by atoms with van der Waals surface area (Å²) >= 11 is 0. The minimum Gasteiger partial charge on any atom is -0.496 e. The topological polar surface area (TPSA) is 64.4 Å². The molecule has 0 N–H and O–H groups in total. The van der Waals surface area contributed by atoms with Gasteiger partial charge in [0.25, 0.3) is 0 Å². The number of Topliss-reactive ketones (excluding diaryl/α,β-unsaturated/α-hetero) is 1. The van der Waals surface area contributed by atoms with Crippen molar-refractivity contribution in [3.8, 4) is 16.9 Å². The summed E-state index contributed by atoms with van der Waals surface area (Å²) in [5.41, 5.74) is 3.91. The van der Waals surface area contributed by atoms with Crippen LogP contribution in [0.15, 0.2) is 54.6 Å². The Labute approximate surface area is 182 Å². The second-order valence-electron chi connectivity index (χ2n) is 7.88. The van der Waals surface area contributed by atoms with Crippen molar-refractivity contribution in [2.24, 2.45) is 0 Å². The van der Waals surface area contributed by atoms with Crippen molar-refractivity contribution in [1.82, 2.24) is 9.78 Å². The summed E-state index contributed by atoms with van der Waals surface area (Å²) in [6.45, 7) is 3.44. The highest BCUT2D eigenvalue weighted by Gasteiger charge is 2.24. The molecule has 3 aromatic rings. The average molecular weight is 418 g/mol. The monoisotopic (exact) mass is 417 g/mol. The van der Waals surface area contributed by atoms with Gasteiger partial charge in [-0.3, -0.25) is 14.5 Å². The predicted molar refractivity (Wildman–Crippen MR) is 120 cm³/mol. The van der Waals surface area contributed by atoms with E-state index < -0.39 is 0 Å². The normalized spacial score (nSPS) is 13.0. The first kappa shape index (κ1) is 20.8. The molecule has 0 saturated carbocycles. The number of hydrogen-bond acceptors (Lipinski definition) is 4. The molecule has 1 aromatic heterocycles. The molecule has 0 spiro atoms. The number of carbonyl (C=O) groups excluding carboxylic acids is 2. The quantitative estimate of drug-likeness (QED) is 0.578. The van der Waals surface area contributed by atoms with Gasteiger partial charge < -0.3 is 4.74 Å². The molecule has 0 saturated heterocycles. The van der Waals surface area contributed by atoms with Crippen LogP contribution in [0.1, 0.15) is 30.5 Å². The number of para-hydroxylation sites is 1. The molecule has 1 amide bonds. The van der Waals surface area contributed by atoms with E-state index >= 15 is 0 Å². The Bertz CT molecular complexity index is 1090. The molecule has 0 atom stereocenters. The first-order valence-corrected chi connectivity index (χ1v) is 10.6. The molecule has 2 aromatic carbocycles. The molecule has 1 aliphatic rings. The molecule has 4 rings (SSSR count). The first-order valence-electron chi connectivity index (χ1n) is 10.6. The first-order chi connectivity index (χ1) is 15.0. The van der Waals surface area contributed by atoms with Crippen molar-refractivity contribution in [1.29, 1.82) is 0 Å². The molecule has 6 heteroatoms. The minimum absolute atomic E-state index is 0.0132. The fraction of sp³-hybridized carbons (Fsp3) is 0.320. The summed E-state index contributed by atoms with van der Waals surface area (Å²) in [5.74, 6) is 1.72. The fourth-order valence-corrected chi connectivity index (χ4v) is 4.04. The van der Waals surface area contributed by atoms with Crippen LogP contribution in [0, 0.1) is 6.92 Å². The Hall–Kier alpha value is -3.41. The van der Waals surface area contributed by atoms with Gasteiger partial charge in [0.15, 0.2) is 0 Å². The highest BCUT2D eigenvalue weighted by Crippen LogP contribution is 2.29. The van der Waals surface area contributed by atoms with Gasteiger partial charge in [0, 0.05) is 44.0 Å². The predicted octanol–water partition coefficient (Wildman–Crippen LogP) is 4.20. The zero-order chi connectivity index (χ0) is 21.8. The van der Waals surface area contributed by atoms with Gasteiger partial charge >= 0.3 is 0 Å². The second kappa shape index (κ2) is 9.16. The van der Waals surface area contributed by atoms with Crippen LogP contribution in [0.3, 0.4) is 0 Å². The van der Waals surface area contributed by atoms with Crippen LogP contribution in [-0.4, -0.2) is 35.1 Å².